The first-order valence-corrected chi connectivity index (χ1v) is 12.7. The maximum absolute atomic E-state index is 13.2. The molecule has 3 aromatic carbocycles. The number of alkyl halides is 3. The van der Waals surface area contributed by atoms with E-state index in [1.807, 2.05) is 24.3 Å². The molecule has 1 saturated heterocycles. The predicted molar refractivity (Wildman–Crippen MR) is 140 cm³/mol. The van der Waals surface area contributed by atoms with Gasteiger partial charge in [0.2, 0.25) is 0 Å². The van der Waals surface area contributed by atoms with Crippen LogP contribution in [-0.2, 0) is 12.6 Å². The zero-order valence-corrected chi connectivity index (χ0v) is 21.0. The molecule has 0 radical (unpaired) electrons. The van der Waals surface area contributed by atoms with E-state index in [0.29, 0.717) is 23.6 Å². The van der Waals surface area contributed by atoms with E-state index in [0.717, 1.165) is 42.8 Å². The van der Waals surface area contributed by atoms with E-state index >= 15 is 0 Å². The first-order chi connectivity index (χ1) is 18.2. The Labute approximate surface area is 221 Å². The fourth-order valence-electron chi connectivity index (χ4n) is 4.83. The summed E-state index contributed by atoms with van der Waals surface area (Å²) in [7, 11) is 0. The molecule has 2 heterocycles. The van der Waals surface area contributed by atoms with E-state index in [1.165, 1.54) is 24.6 Å². The largest absolute Gasteiger partial charge is 0.508 e. The van der Waals surface area contributed by atoms with Crippen molar-refractivity contribution in [2.75, 3.05) is 13.2 Å². The van der Waals surface area contributed by atoms with E-state index < -0.39 is 17.4 Å². The predicted octanol–water partition coefficient (Wildman–Crippen LogP) is 6.95. The second-order valence-electron chi connectivity index (χ2n) is 9.37. The van der Waals surface area contributed by atoms with E-state index in [-0.39, 0.29) is 33.9 Å². The lowest BCUT2D eigenvalue weighted by Crippen LogP contribution is -2.23. The van der Waals surface area contributed by atoms with Gasteiger partial charge in [0.1, 0.15) is 17.1 Å². The summed E-state index contributed by atoms with van der Waals surface area (Å²) in [6, 6.07) is 15.2. The molecule has 1 aliphatic heterocycles. The van der Waals surface area contributed by atoms with Crippen LogP contribution in [0.3, 0.4) is 0 Å². The smallest absolute Gasteiger partial charge is 0.416 e. The van der Waals surface area contributed by atoms with E-state index in [1.54, 1.807) is 6.07 Å². The summed E-state index contributed by atoms with van der Waals surface area (Å²) in [5.41, 5.74) is 0.0721. The minimum Gasteiger partial charge on any atom is -0.508 e. The molecule has 0 spiro atoms. The molecule has 0 amide bonds. The Morgan fingerprint density at radius 1 is 1.08 bits per heavy atom. The summed E-state index contributed by atoms with van der Waals surface area (Å²) in [6.45, 7) is 1.65. The lowest BCUT2D eigenvalue weighted by molar-refractivity contribution is -0.137. The molecule has 1 aromatic heterocycles. The maximum atomic E-state index is 13.2. The molecule has 1 unspecified atom stereocenters. The van der Waals surface area contributed by atoms with Crippen LogP contribution in [0.1, 0.15) is 36.0 Å². The Morgan fingerprint density at radius 2 is 1.87 bits per heavy atom. The maximum Gasteiger partial charge on any atom is 0.416 e. The van der Waals surface area contributed by atoms with Crippen LogP contribution in [0.2, 0.25) is 5.02 Å². The molecule has 2 N–H and O–H groups in total. The summed E-state index contributed by atoms with van der Waals surface area (Å²) in [4.78, 5) is 13.1. The Balaban J connectivity index is 1.49. The second kappa shape index (κ2) is 10.7. The van der Waals surface area contributed by atoms with Crippen molar-refractivity contribution in [3.63, 3.8) is 0 Å². The van der Waals surface area contributed by atoms with Crippen molar-refractivity contribution in [2.24, 2.45) is 0 Å². The molecule has 0 aliphatic carbocycles. The van der Waals surface area contributed by atoms with Crippen LogP contribution >= 0.6 is 11.6 Å². The van der Waals surface area contributed by atoms with Crippen molar-refractivity contribution in [1.82, 2.24) is 5.32 Å². The monoisotopic (exact) mass is 543 g/mol. The van der Waals surface area contributed by atoms with Gasteiger partial charge in [-0.15, -0.1) is 0 Å². The van der Waals surface area contributed by atoms with Crippen LogP contribution < -0.4 is 15.7 Å². The van der Waals surface area contributed by atoms with Crippen molar-refractivity contribution in [3.8, 4) is 22.6 Å². The number of rotatable bonds is 7. The van der Waals surface area contributed by atoms with Gasteiger partial charge in [0.15, 0.2) is 0 Å². The Kier molecular flexibility index (Phi) is 7.36. The van der Waals surface area contributed by atoms with Gasteiger partial charge in [0.05, 0.1) is 17.7 Å². The van der Waals surface area contributed by atoms with Gasteiger partial charge in [-0.05, 0) is 79.8 Å². The van der Waals surface area contributed by atoms with Gasteiger partial charge < -0.3 is 19.6 Å². The molecule has 4 aromatic rings. The van der Waals surface area contributed by atoms with Crippen molar-refractivity contribution in [2.45, 2.75) is 37.9 Å². The molecule has 38 heavy (non-hydrogen) atoms. The highest BCUT2D eigenvalue weighted by Crippen LogP contribution is 2.38. The third-order valence-electron chi connectivity index (χ3n) is 6.77. The zero-order valence-electron chi connectivity index (χ0n) is 20.3. The second-order valence-corrected chi connectivity index (χ2v) is 9.77. The summed E-state index contributed by atoms with van der Waals surface area (Å²) in [5.74, 6) is 0.640. The minimum atomic E-state index is -4.58. The first-order valence-electron chi connectivity index (χ1n) is 12.3. The number of ether oxygens (including phenoxy) is 1. The van der Waals surface area contributed by atoms with Gasteiger partial charge in [-0.2, -0.15) is 13.2 Å². The highest BCUT2D eigenvalue weighted by molar-refractivity contribution is 6.33. The third kappa shape index (κ3) is 5.66. The lowest BCUT2D eigenvalue weighted by atomic mass is 9.93. The van der Waals surface area contributed by atoms with E-state index in [4.69, 9.17) is 20.8 Å². The topological polar surface area (TPSA) is 71.7 Å². The molecule has 0 saturated carbocycles. The van der Waals surface area contributed by atoms with Gasteiger partial charge in [-0.25, -0.2) is 4.79 Å². The molecular formula is C29H25ClF3NO4. The number of hydrogen-bond donors (Lipinski definition) is 2. The summed E-state index contributed by atoms with van der Waals surface area (Å²) < 4.78 is 50.9. The van der Waals surface area contributed by atoms with Crippen molar-refractivity contribution >= 4 is 22.6 Å². The van der Waals surface area contributed by atoms with Crippen LogP contribution in [0.15, 0.2) is 69.9 Å². The van der Waals surface area contributed by atoms with Crippen molar-refractivity contribution in [3.05, 3.63) is 92.8 Å². The van der Waals surface area contributed by atoms with Gasteiger partial charge >= 0.3 is 11.8 Å². The molecule has 1 atom stereocenters. The van der Waals surface area contributed by atoms with Crippen molar-refractivity contribution < 1.29 is 27.4 Å². The minimum absolute atomic E-state index is 0.0753. The normalized spacial score (nSPS) is 15.7. The third-order valence-corrected chi connectivity index (χ3v) is 7.08. The summed E-state index contributed by atoms with van der Waals surface area (Å²) in [6.07, 6.45) is -1.03. The highest BCUT2D eigenvalue weighted by Gasteiger charge is 2.31. The van der Waals surface area contributed by atoms with Gasteiger partial charge in [0.25, 0.3) is 0 Å². The molecule has 1 aliphatic rings. The molecule has 0 bridgehead atoms. The quantitative estimate of drug-likeness (QED) is 0.247. The van der Waals surface area contributed by atoms with Gasteiger partial charge in [0, 0.05) is 28.1 Å². The standard InChI is InChI=1S/C29H25ClF3NO4/c30-25-15-18(29(31,32)33)5-9-23(25)27-24(22-10-6-20(35)16-26(22)38-28(27)36)14-17-3-7-21(8-4-17)37-13-11-19-2-1-12-34-19/h3-10,15-16,19,34-35H,1-2,11-14H2. The number of phenols is 1. The van der Waals surface area contributed by atoms with Crippen LogP contribution in [0.5, 0.6) is 11.5 Å². The average Bonchev–Trinajstić information content (AvgIpc) is 3.38. The molecule has 198 valence electrons. The number of benzene rings is 3. The Bertz CT molecular complexity index is 1510. The summed E-state index contributed by atoms with van der Waals surface area (Å²) in [5, 5.41) is 13.7. The lowest BCUT2D eigenvalue weighted by Gasteiger charge is -2.15. The van der Waals surface area contributed by atoms with Crippen LogP contribution in [-0.4, -0.2) is 24.3 Å². The number of nitrogens with one attached hydrogen (secondary N) is 1. The number of halogens is 4. The van der Waals surface area contributed by atoms with Crippen LogP contribution in [0, 0.1) is 0 Å². The molecule has 5 rings (SSSR count). The van der Waals surface area contributed by atoms with Gasteiger partial charge in [-0.1, -0.05) is 29.8 Å². The number of hydrogen-bond acceptors (Lipinski definition) is 5. The molecule has 5 nitrogen and oxygen atoms in total. The Morgan fingerprint density at radius 3 is 2.55 bits per heavy atom. The number of fused-ring (bicyclic) bond motifs is 1. The average molecular weight is 544 g/mol. The van der Waals surface area contributed by atoms with E-state index in [9.17, 15) is 23.1 Å². The molecular weight excluding hydrogens is 519 g/mol. The molecule has 1 fully saturated rings. The van der Waals surface area contributed by atoms with Crippen LogP contribution in [0.4, 0.5) is 13.2 Å². The first kappa shape index (κ1) is 26.1. The van der Waals surface area contributed by atoms with Crippen molar-refractivity contribution in [1.29, 1.82) is 0 Å². The highest BCUT2D eigenvalue weighted by atomic mass is 35.5. The Hall–Kier alpha value is -3.49. The zero-order chi connectivity index (χ0) is 26.9. The van der Waals surface area contributed by atoms with Crippen LogP contribution in [0.25, 0.3) is 22.1 Å². The SMILES string of the molecule is O=c1oc2cc(O)ccc2c(Cc2ccc(OCCC3CCCN3)cc2)c1-c1ccc(C(F)(F)F)cc1Cl. The fourth-order valence-corrected chi connectivity index (χ4v) is 5.11. The number of phenolic OH excluding ortho intramolecular Hbond substituents is 1. The van der Waals surface area contributed by atoms with E-state index in [2.05, 4.69) is 5.32 Å². The fraction of sp³-hybridized carbons (Fsp3) is 0.276. The molecule has 9 heteroatoms. The summed E-state index contributed by atoms with van der Waals surface area (Å²) >= 11 is 6.27. The van der Waals surface area contributed by atoms with Gasteiger partial charge in [-0.3, -0.25) is 0 Å². The number of aromatic hydroxyl groups is 1.